The maximum absolute atomic E-state index is 11.1. The highest BCUT2D eigenvalue weighted by Gasteiger charge is 2.19. The molecule has 0 radical (unpaired) electrons. The lowest BCUT2D eigenvalue weighted by Crippen LogP contribution is -2.11. The Hall–Kier alpha value is -1.44. The number of hydrogen-bond donors (Lipinski definition) is 1. The van der Waals surface area contributed by atoms with Gasteiger partial charge in [-0.1, -0.05) is 16.8 Å². The number of rotatable bonds is 6. The van der Waals surface area contributed by atoms with Crippen molar-refractivity contribution in [3.05, 3.63) is 32.7 Å². The summed E-state index contributed by atoms with van der Waals surface area (Å²) in [5.41, 5.74) is 0.526. The summed E-state index contributed by atoms with van der Waals surface area (Å²) in [5, 5.41) is 16.7. The predicted molar refractivity (Wildman–Crippen MR) is 71.0 cm³/mol. The summed E-state index contributed by atoms with van der Waals surface area (Å²) in [5.74, 6) is -1.08. The van der Waals surface area contributed by atoms with E-state index in [1.807, 2.05) is 6.07 Å². The second-order valence-electron chi connectivity index (χ2n) is 3.80. The molecule has 0 spiro atoms. The third-order valence-corrected chi connectivity index (χ3v) is 3.73. The first kappa shape index (κ1) is 14.0. The molecule has 0 bridgehead atoms. The van der Waals surface area contributed by atoms with Crippen molar-refractivity contribution in [3.8, 4) is 0 Å². The third-order valence-electron chi connectivity index (χ3n) is 2.52. The molecule has 2 rings (SSSR count). The highest BCUT2D eigenvalue weighted by molar-refractivity contribution is 7.16. The number of thiophene rings is 1. The molecule has 0 aliphatic carbocycles. The lowest BCUT2D eigenvalue weighted by atomic mass is 10.2. The van der Waals surface area contributed by atoms with Gasteiger partial charge in [0.05, 0.1) is 23.2 Å². The second kappa shape index (κ2) is 6.14. The molecule has 2 aromatic rings. The number of carbonyl (C=O) groups is 1. The first-order chi connectivity index (χ1) is 9.11. The van der Waals surface area contributed by atoms with Gasteiger partial charge >= 0.3 is 5.97 Å². The summed E-state index contributed by atoms with van der Waals surface area (Å²) in [6.45, 7) is 0.871. The summed E-state index contributed by atoms with van der Waals surface area (Å²) < 4.78 is 7.24. The minimum Gasteiger partial charge on any atom is -0.476 e. The van der Waals surface area contributed by atoms with Crippen LogP contribution in [0.1, 0.15) is 21.1 Å². The molecular weight excluding hydrogens is 290 g/mol. The number of ether oxygens (including phenoxy) is 1. The van der Waals surface area contributed by atoms with E-state index in [0.29, 0.717) is 29.6 Å². The van der Waals surface area contributed by atoms with Gasteiger partial charge in [0, 0.05) is 18.4 Å². The minimum atomic E-state index is -1.08. The number of methoxy groups -OCH3 is 1. The van der Waals surface area contributed by atoms with Crippen LogP contribution in [0.5, 0.6) is 0 Å². The van der Waals surface area contributed by atoms with Crippen molar-refractivity contribution in [2.75, 3.05) is 13.7 Å². The van der Waals surface area contributed by atoms with E-state index in [4.69, 9.17) is 21.4 Å². The quantitative estimate of drug-likeness (QED) is 0.882. The molecule has 0 aliphatic heterocycles. The van der Waals surface area contributed by atoms with E-state index in [-0.39, 0.29) is 5.69 Å². The Morgan fingerprint density at radius 1 is 1.58 bits per heavy atom. The molecule has 2 aromatic heterocycles. The molecule has 0 aliphatic rings. The smallest absolute Gasteiger partial charge is 0.358 e. The standard InChI is InChI=1S/C11H12ClN3O3S/c1-18-5-4-8-10(11(16)17)13-14-15(8)6-7-2-3-9(12)19-7/h2-3H,4-6H2,1H3,(H,16,17). The Morgan fingerprint density at radius 3 is 2.95 bits per heavy atom. The molecule has 1 N–H and O–H groups in total. The number of carboxylic acids is 1. The van der Waals surface area contributed by atoms with Crippen LogP contribution in [0.3, 0.4) is 0 Å². The topological polar surface area (TPSA) is 77.2 Å². The van der Waals surface area contributed by atoms with Crippen molar-refractivity contribution in [2.45, 2.75) is 13.0 Å². The SMILES string of the molecule is COCCc1c(C(=O)O)nnn1Cc1ccc(Cl)s1. The average Bonchev–Trinajstić information content (AvgIpc) is 2.94. The third kappa shape index (κ3) is 3.31. The summed E-state index contributed by atoms with van der Waals surface area (Å²) in [4.78, 5) is 12.1. The number of nitrogens with zero attached hydrogens (tertiary/aromatic N) is 3. The zero-order valence-electron chi connectivity index (χ0n) is 10.2. The molecule has 0 amide bonds. The summed E-state index contributed by atoms with van der Waals surface area (Å²) in [6.07, 6.45) is 0.449. The van der Waals surface area contributed by atoms with Crippen molar-refractivity contribution in [2.24, 2.45) is 0 Å². The van der Waals surface area contributed by atoms with Crippen LogP contribution in [0.15, 0.2) is 12.1 Å². The lowest BCUT2D eigenvalue weighted by molar-refractivity contribution is 0.0688. The number of carboxylic acid groups (broad SMARTS) is 1. The molecule has 0 saturated heterocycles. The summed E-state index contributed by atoms with van der Waals surface area (Å²) in [7, 11) is 1.56. The highest BCUT2D eigenvalue weighted by Crippen LogP contribution is 2.22. The van der Waals surface area contributed by atoms with E-state index in [1.54, 1.807) is 17.9 Å². The minimum absolute atomic E-state index is 0.0281. The normalized spacial score (nSPS) is 10.8. The monoisotopic (exact) mass is 301 g/mol. The van der Waals surface area contributed by atoms with Crippen LogP contribution in [-0.2, 0) is 17.7 Å². The van der Waals surface area contributed by atoms with Gasteiger partial charge in [-0.15, -0.1) is 16.4 Å². The summed E-state index contributed by atoms with van der Waals surface area (Å²) in [6, 6.07) is 3.68. The molecule has 0 saturated carbocycles. The van der Waals surface area contributed by atoms with E-state index in [0.717, 1.165) is 4.88 Å². The van der Waals surface area contributed by atoms with Gasteiger partial charge in [0.2, 0.25) is 0 Å². The largest absolute Gasteiger partial charge is 0.476 e. The van der Waals surface area contributed by atoms with Crippen LogP contribution in [-0.4, -0.2) is 39.8 Å². The van der Waals surface area contributed by atoms with E-state index < -0.39 is 5.97 Å². The van der Waals surface area contributed by atoms with Crippen LogP contribution in [0, 0.1) is 0 Å². The Morgan fingerprint density at radius 2 is 2.37 bits per heavy atom. The molecule has 0 atom stereocenters. The van der Waals surface area contributed by atoms with Gasteiger partial charge in [0.15, 0.2) is 5.69 Å². The number of halogens is 1. The van der Waals surface area contributed by atoms with Gasteiger partial charge in [-0.2, -0.15) is 0 Å². The van der Waals surface area contributed by atoms with Crippen LogP contribution in [0.4, 0.5) is 0 Å². The predicted octanol–water partition coefficient (Wildman–Crippen LogP) is 1.93. The van der Waals surface area contributed by atoms with Crippen LogP contribution < -0.4 is 0 Å². The van der Waals surface area contributed by atoms with Crippen molar-refractivity contribution in [1.82, 2.24) is 15.0 Å². The number of hydrogen-bond acceptors (Lipinski definition) is 5. The van der Waals surface area contributed by atoms with Crippen molar-refractivity contribution < 1.29 is 14.6 Å². The van der Waals surface area contributed by atoms with Gasteiger partial charge in [-0.25, -0.2) is 9.48 Å². The van der Waals surface area contributed by atoms with Gasteiger partial charge in [-0.05, 0) is 12.1 Å². The molecule has 8 heteroatoms. The first-order valence-corrected chi connectivity index (χ1v) is 6.70. The molecule has 102 valence electrons. The Balaban J connectivity index is 2.26. The van der Waals surface area contributed by atoms with E-state index >= 15 is 0 Å². The lowest BCUT2D eigenvalue weighted by Gasteiger charge is -2.05. The molecule has 2 heterocycles. The molecule has 6 nitrogen and oxygen atoms in total. The Labute approximate surface area is 118 Å². The Kier molecular flexibility index (Phi) is 4.52. The van der Waals surface area contributed by atoms with Crippen molar-refractivity contribution >= 4 is 28.9 Å². The van der Waals surface area contributed by atoms with Crippen molar-refractivity contribution in [3.63, 3.8) is 0 Å². The average molecular weight is 302 g/mol. The fourth-order valence-electron chi connectivity index (χ4n) is 1.66. The van der Waals surface area contributed by atoms with E-state index in [2.05, 4.69) is 10.3 Å². The fourth-order valence-corrected chi connectivity index (χ4v) is 2.73. The van der Waals surface area contributed by atoms with E-state index in [9.17, 15) is 4.79 Å². The number of aromatic nitrogens is 3. The summed E-state index contributed by atoms with van der Waals surface area (Å²) >= 11 is 7.30. The van der Waals surface area contributed by atoms with Crippen molar-refractivity contribution in [1.29, 1.82) is 0 Å². The molecule has 19 heavy (non-hydrogen) atoms. The highest BCUT2D eigenvalue weighted by atomic mass is 35.5. The molecule has 0 aromatic carbocycles. The first-order valence-electron chi connectivity index (χ1n) is 5.50. The fraction of sp³-hybridized carbons (Fsp3) is 0.364. The molecule has 0 fully saturated rings. The van der Waals surface area contributed by atoms with Crippen LogP contribution in [0.25, 0.3) is 0 Å². The number of aromatic carboxylic acids is 1. The van der Waals surface area contributed by atoms with Gasteiger partial charge < -0.3 is 9.84 Å². The zero-order valence-corrected chi connectivity index (χ0v) is 11.7. The van der Waals surface area contributed by atoms with Gasteiger partial charge in [0.1, 0.15) is 0 Å². The maximum Gasteiger partial charge on any atom is 0.358 e. The molecular formula is C11H12ClN3O3S. The Bertz CT molecular complexity index is 582. The second-order valence-corrected chi connectivity index (χ2v) is 5.60. The zero-order chi connectivity index (χ0) is 13.8. The van der Waals surface area contributed by atoms with Crippen LogP contribution in [0.2, 0.25) is 4.34 Å². The van der Waals surface area contributed by atoms with Gasteiger partial charge in [-0.3, -0.25) is 0 Å². The molecule has 0 unspecified atom stereocenters. The van der Waals surface area contributed by atoms with Crippen LogP contribution >= 0.6 is 22.9 Å². The van der Waals surface area contributed by atoms with Gasteiger partial charge in [0.25, 0.3) is 0 Å². The van der Waals surface area contributed by atoms with E-state index in [1.165, 1.54) is 11.3 Å². The maximum atomic E-state index is 11.1.